The molecule has 0 amide bonds. The molecule has 0 radical (unpaired) electrons. The van der Waals surface area contributed by atoms with Gasteiger partial charge in [-0.3, -0.25) is 9.30 Å². The molecule has 2 N–H and O–H groups in total. The van der Waals surface area contributed by atoms with Gasteiger partial charge in [-0.1, -0.05) is 12.1 Å². The number of likely N-dealkylation sites (tertiary alicyclic amines) is 1. The molecule has 1 saturated heterocycles. The molecular formula is C26H28F4N6O2. The van der Waals surface area contributed by atoms with Crippen LogP contribution >= 0.6 is 0 Å². The third kappa shape index (κ3) is 4.91. The van der Waals surface area contributed by atoms with Gasteiger partial charge in [0.2, 0.25) is 0 Å². The van der Waals surface area contributed by atoms with Crippen LogP contribution in [-0.2, 0) is 4.74 Å². The molecule has 1 fully saturated rings. The van der Waals surface area contributed by atoms with Crippen LogP contribution in [0.25, 0.3) is 28.1 Å². The van der Waals surface area contributed by atoms with Gasteiger partial charge >= 0.3 is 6.18 Å². The quantitative estimate of drug-likeness (QED) is 0.350. The number of benzene rings is 1. The molecule has 0 bridgehead atoms. The first-order valence-corrected chi connectivity index (χ1v) is 12.3. The molecular weight excluding hydrogens is 504 g/mol. The van der Waals surface area contributed by atoms with Crippen molar-refractivity contribution in [1.29, 1.82) is 0 Å². The summed E-state index contributed by atoms with van der Waals surface area (Å²) in [7, 11) is 1.53. The van der Waals surface area contributed by atoms with Gasteiger partial charge in [0.05, 0.1) is 11.6 Å². The smallest absolute Gasteiger partial charge is 0.408 e. The van der Waals surface area contributed by atoms with Crippen LogP contribution in [0.15, 0.2) is 42.6 Å². The highest BCUT2D eigenvalue weighted by molar-refractivity contribution is 5.82. The van der Waals surface area contributed by atoms with Crippen LogP contribution < -0.4 is 10.5 Å². The van der Waals surface area contributed by atoms with E-state index in [0.717, 1.165) is 0 Å². The molecule has 1 aliphatic heterocycles. The number of hydrogen-bond acceptors (Lipinski definition) is 7. The Labute approximate surface area is 216 Å². The molecule has 4 atom stereocenters. The molecule has 202 valence electrons. The molecule has 0 aliphatic carbocycles. The third-order valence-corrected chi connectivity index (χ3v) is 7.09. The summed E-state index contributed by atoms with van der Waals surface area (Å²) in [5.41, 5.74) is 7.25. The van der Waals surface area contributed by atoms with E-state index in [0.29, 0.717) is 28.7 Å². The highest BCUT2D eigenvalue weighted by atomic mass is 19.4. The van der Waals surface area contributed by atoms with E-state index < -0.39 is 24.1 Å². The molecule has 1 unspecified atom stereocenters. The molecule has 0 spiro atoms. The lowest BCUT2D eigenvalue weighted by molar-refractivity contribution is -0.188. The van der Waals surface area contributed by atoms with Crippen LogP contribution in [-0.4, -0.2) is 69.1 Å². The Morgan fingerprint density at radius 1 is 1.16 bits per heavy atom. The first-order chi connectivity index (χ1) is 18.1. The molecule has 12 heteroatoms. The van der Waals surface area contributed by atoms with Gasteiger partial charge in [-0.05, 0) is 44.0 Å². The van der Waals surface area contributed by atoms with E-state index in [1.54, 1.807) is 26.0 Å². The average molecular weight is 533 g/mol. The van der Waals surface area contributed by atoms with Gasteiger partial charge in [0.1, 0.15) is 18.3 Å². The summed E-state index contributed by atoms with van der Waals surface area (Å²) >= 11 is 0. The lowest BCUT2D eigenvalue weighted by Gasteiger charge is -2.34. The minimum atomic E-state index is -4.51. The maximum Gasteiger partial charge on any atom is 0.408 e. The fourth-order valence-electron chi connectivity index (χ4n) is 4.80. The molecule has 4 aromatic rings. The first kappa shape index (κ1) is 26.3. The van der Waals surface area contributed by atoms with Gasteiger partial charge in [0.15, 0.2) is 23.0 Å². The first-order valence-electron chi connectivity index (χ1n) is 12.3. The number of hydrogen-bond donors (Lipinski definition) is 1. The topological polar surface area (TPSA) is 90.8 Å². The number of nitrogens with two attached hydrogens (primary N) is 1. The SMILES string of the molecule is CO[C@H](C)COc1cc2nc(-c3nnc4ccc([C@H](N5CCC(N)[C@@H]5C)C(F)(F)F)cn34)ccc2cc1F. The van der Waals surface area contributed by atoms with Gasteiger partial charge in [-0.2, -0.15) is 13.2 Å². The number of nitrogens with zero attached hydrogens (tertiary/aromatic N) is 5. The van der Waals surface area contributed by atoms with Crippen LogP contribution in [0.3, 0.4) is 0 Å². The van der Waals surface area contributed by atoms with Crippen LogP contribution in [0.5, 0.6) is 5.75 Å². The zero-order valence-electron chi connectivity index (χ0n) is 21.1. The van der Waals surface area contributed by atoms with Crippen molar-refractivity contribution in [3.63, 3.8) is 0 Å². The summed E-state index contributed by atoms with van der Waals surface area (Å²) in [5.74, 6) is -0.261. The lowest BCUT2D eigenvalue weighted by atomic mass is 10.1. The summed E-state index contributed by atoms with van der Waals surface area (Å²) in [6.07, 6.45) is -2.86. The molecule has 1 aromatic carbocycles. The summed E-state index contributed by atoms with van der Waals surface area (Å²) in [4.78, 5) is 5.98. The number of halogens is 4. The Balaban J connectivity index is 1.54. The Kier molecular flexibility index (Phi) is 6.97. The van der Waals surface area contributed by atoms with E-state index in [2.05, 4.69) is 15.2 Å². The highest BCUT2D eigenvalue weighted by Gasteiger charge is 2.48. The second kappa shape index (κ2) is 10.1. The van der Waals surface area contributed by atoms with E-state index >= 15 is 0 Å². The van der Waals surface area contributed by atoms with Crippen molar-refractivity contribution < 1.29 is 27.0 Å². The second-order valence-electron chi connectivity index (χ2n) is 9.62. The van der Waals surface area contributed by atoms with Crippen LogP contribution in [0, 0.1) is 5.82 Å². The predicted octanol–water partition coefficient (Wildman–Crippen LogP) is 4.52. The van der Waals surface area contributed by atoms with Gasteiger partial charge < -0.3 is 15.2 Å². The summed E-state index contributed by atoms with van der Waals surface area (Å²) in [6.45, 7) is 3.91. The van der Waals surface area contributed by atoms with E-state index in [-0.39, 0.29) is 42.4 Å². The number of fused-ring (bicyclic) bond motifs is 2. The number of rotatable bonds is 7. The van der Waals surface area contributed by atoms with Gasteiger partial charge in [0, 0.05) is 43.4 Å². The van der Waals surface area contributed by atoms with Crippen LogP contribution in [0.1, 0.15) is 31.9 Å². The molecule has 3 aromatic heterocycles. The Morgan fingerprint density at radius 2 is 1.95 bits per heavy atom. The Bertz CT molecular complexity index is 1460. The largest absolute Gasteiger partial charge is 0.488 e. The fourth-order valence-corrected chi connectivity index (χ4v) is 4.80. The standard InChI is InChI=1S/C26H28F4N6O2/c1-14(37-3)13-38-22-11-21-16(10-18(22)27)4-6-20(32-21)25-34-33-23-7-5-17(12-36(23)25)24(26(28,29)30)35-9-8-19(31)15(35)2/h4-7,10-12,14-15,19,24H,8-9,13,31H2,1-3H3/t14-,15+,19?,24+/m1/s1. The van der Waals surface area contributed by atoms with Crippen molar-refractivity contribution in [2.24, 2.45) is 5.73 Å². The van der Waals surface area contributed by atoms with Crippen molar-refractivity contribution in [3.8, 4) is 17.3 Å². The zero-order chi connectivity index (χ0) is 27.2. The van der Waals surface area contributed by atoms with E-state index in [1.165, 1.54) is 46.9 Å². The number of ether oxygens (including phenoxy) is 2. The predicted molar refractivity (Wildman–Crippen MR) is 133 cm³/mol. The van der Waals surface area contributed by atoms with Crippen LogP contribution in [0.4, 0.5) is 17.6 Å². The highest BCUT2D eigenvalue weighted by Crippen LogP contribution is 2.41. The van der Waals surface area contributed by atoms with Crippen molar-refractivity contribution in [2.45, 2.75) is 50.7 Å². The molecule has 5 rings (SSSR count). The monoisotopic (exact) mass is 532 g/mol. The maximum atomic E-state index is 14.5. The van der Waals surface area contributed by atoms with Crippen molar-refractivity contribution in [1.82, 2.24) is 24.5 Å². The van der Waals surface area contributed by atoms with Crippen molar-refractivity contribution in [2.75, 3.05) is 20.3 Å². The fraction of sp³-hybridized carbons (Fsp3) is 0.423. The number of pyridine rings is 2. The van der Waals surface area contributed by atoms with Crippen molar-refractivity contribution >= 4 is 16.6 Å². The second-order valence-corrected chi connectivity index (χ2v) is 9.62. The molecule has 4 heterocycles. The molecule has 8 nitrogen and oxygen atoms in total. The molecule has 0 saturated carbocycles. The Hall–Kier alpha value is -3.35. The van der Waals surface area contributed by atoms with E-state index in [4.69, 9.17) is 15.2 Å². The van der Waals surface area contributed by atoms with Crippen LogP contribution in [0.2, 0.25) is 0 Å². The summed E-state index contributed by atoms with van der Waals surface area (Å²) in [6, 6.07) is 6.43. The van der Waals surface area contributed by atoms with Crippen molar-refractivity contribution in [3.05, 3.63) is 54.0 Å². The number of alkyl halides is 3. The average Bonchev–Trinajstić information content (AvgIpc) is 3.44. The van der Waals surface area contributed by atoms with Gasteiger partial charge in [-0.25, -0.2) is 9.37 Å². The third-order valence-electron chi connectivity index (χ3n) is 7.09. The summed E-state index contributed by atoms with van der Waals surface area (Å²) < 4.78 is 69.6. The van der Waals surface area contributed by atoms with E-state index in [1.807, 2.05) is 0 Å². The number of methoxy groups -OCH3 is 1. The van der Waals surface area contributed by atoms with E-state index in [9.17, 15) is 17.6 Å². The zero-order valence-corrected chi connectivity index (χ0v) is 21.1. The minimum absolute atomic E-state index is 0.0189. The molecule has 1 aliphatic rings. The maximum absolute atomic E-state index is 14.5. The summed E-state index contributed by atoms with van der Waals surface area (Å²) in [5, 5.41) is 8.83. The molecule has 38 heavy (non-hydrogen) atoms. The normalized spacial score (nSPS) is 20.3. The Morgan fingerprint density at radius 3 is 2.63 bits per heavy atom. The minimum Gasteiger partial charge on any atom is -0.488 e. The lowest BCUT2D eigenvalue weighted by Crippen LogP contribution is -2.44. The van der Waals surface area contributed by atoms with Gasteiger partial charge in [0.25, 0.3) is 0 Å². The van der Waals surface area contributed by atoms with Gasteiger partial charge in [-0.15, -0.1) is 10.2 Å². The number of aromatic nitrogens is 4.